The number of aromatic hydroxyl groups is 1. The second-order valence-corrected chi connectivity index (χ2v) is 7.80. The number of hydrogen-bond donors (Lipinski definition) is 1. The molecule has 1 N–H and O–H groups in total. The van der Waals surface area contributed by atoms with Crippen LogP contribution in [-0.2, 0) is 6.42 Å². The number of aryl methyl sites for hydroxylation is 1. The first-order valence-corrected chi connectivity index (χ1v) is 8.50. The average molecular weight is 301 g/mol. The van der Waals surface area contributed by atoms with Crippen LogP contribution in [-0.4, -0.2) is 10.0 Å². The van der Waals surface area contributed by atoms with Gasteiger partial charge in [-0.15, -0.1) is 0 Å². The minimum atomic E-state index is -0.457. The molecule has 3 aliphatic carbocycles. The lowest BCUT2D eigenvalue weighted by atomic mass is 9.56. The smallest absolute Gasteiger partial charge is 0.310 e. The highest BCUT2D eigenvalue weighted by molar-refractivity contribution is 5.53. The number of rotatable bonds is 1. The molecule has 4 rings (SSSR count). The molecule has 4 atom stereocenters. The van der Waals surface area contributed by atoms with Crippen molar-refractivity contribution in [2.24, 2.45) is 17.3 Å². The van der Waals surface area contributed by atoms with Crippen molar-refractivity contribution >= 4 is 5.69 Å². The summed E-state index contributed by atoms with van der Waals surface area (Å²) in [6.45, 7) is 2.45. The normalized spacial score (nSPS) is 36.3. The Morgan fingerprint density at radius 1 is 1.27 bits per heavy atom. The molecule has 3 unspecified atom stereocenters. The van der Waals surface area contributed by atoms with E-state index in [1.54, 1.807) is 12.1 Å². The fourth-order valence-electron chi connectivity index (χ4n) is 5.74. The molecule has 118 valence electrons. The highest BCUT2D eigenvalue weighted by Gasteiger charge is 2.50. The molecule has 0 radical (unpaired) electrons. The molecule has 0 amide bonds. The Morgan fingerprint density at radius 3 is 2.86 bits per heavy atom. The van der Waals surface area contributed by atoms with Gasteiger partial charge >= 0.3 is 5.69 Å². The Kier molecular flexibility index (Phi) is 3.00. The van der Waals surface area contributed by atoms with E-state index in [-0.39, 0.29) is 11.4 Å². The standard InChI is InChI=1S/C18H23NO3/c1-18-7-2-3-15(18)13-5-4-11-9-17(20)16(19(21)22)10-14(11)12(13)6-8-18/h9-10,12-13,15,20H,2-8H2,1H3/t12?,13?,15?,18-/m0/s1. The van der Waals surface area contributed by atoms with Gasteiger partial charge < -0.3 is 5.11 Å². The van der Waals surface area contributed by atoms with Crippen LogP contribution in [0.25, 0.3) is 0 Å². The van der Waals surface area contributed by atoms with Crippen LogP contribution in [0.3, 0.4) is 0 Å². The Hall–Kier alpha value is -1.58. The number of phenols is 1. The third kappa shape index (κ3) is 1.89. The maximum absolute atomic E-state index is 11.1. The SMILES string of the molecule is C[C@@]12CCCC1C1CCc3cc(O)c([N+](=O)[O-])cc3C1CC2. The quantitative estimate of drug-likeness (QED) is 0.611. The van der Waals surface area contributed by atoms with Crippen molar-refractivity contribution in [1.29, 1.82) is 0 Å². The largest absolute Gasteiger partial charge is 0.502 e. The Labute approximate surface area is 130 Å². The summed E-state index contributed by atoms with van der Waals surface area (Å²) in [5.41, 5.74) is 2.65. The first kappa shape index (κ1) is 14.0. The summed E-state index contributed by atoms with van der Waals surface area (Å²) in [7, 11) is 0. The molecule has 2 fully saturated rings. The maximum Gasteiger partial charge on any atom is 0.310 e. The molecule has 1 aromatic rings. The molecule has 0 bridgehead atoms. The Bertz CT molecular complexity index is 641. The van der Waals surface area contributed by atoms with E-state index in [0.717, 1.165) is 29.9 Å². The van der Waals surface area contributed by atoms with E-state index < -0.39 is 4.92 Å². The summed E-state index contributed by atoms with van der Waals surface area (Å²) in [4.78, 5) is 10.7. The molecule has 0 aromatic heterocycles. The van der Waals surface area contributed by atoms with E-state index in [2.05, 4.69) is 6.92 Å². The highest BCUT2D eigenvalue weighted by atomic mass is 16.6. The first-order chi connectivity index (χ1) is 10.5. The summed E-state index contributed by atoms with van der Waals surface area (Å²) >= 11 is 0. The summed E-state index contributed by atoms with van der Waals surface area (Å²) < 4.78 is 0. The van der Waals surface area contributed by atoms with Crippen LogP contribution in [0.4, 0.5) is 5.69 Å². The zero-order chi connectivity index (χ0) is 15.5. The molecular formula is C18H23NO3. The van der Waals surface area contributed by atoms with Crippen LogP contribution in [0.1, 0.15) is 62.5 Å². The van der Waals surface area contributed by atoms with Crippen LogP contribution < -0.4 is 0 Å². The average Bonchev–Trinajstić information content (AvgIpc) is 2.87. The van der Waals surface area contributed by atoms with Crippen molar-refractivity contribution in [2.75, 3.05) is 0 Å². The predicted octanol–water partition coefficient (Wildman–Crippen LogP) is 4.55. The van der Waals surface area contributed by atoms with Gasteiger partial charge in [0, 0.05) is 6.07 Å². The minimum absolute atomic E-state index is 0.126. The van der Waals surface area contributed by atoms with E-state index in [9.17, 15) is 15.2 Å². The van der Waals surface area contributed by atoms with Gasteiger partial charge in [0.15, 0.2) is 5.75 Å². The molecule has 0 saturated heterocycles. The number of nitro benzene ring substituents is 1. The Balaban J connectivity index is 1.75. The van der Waals surface area contributed by atoms with Crippen molar-refractivity contribution in [2.45, 2.75) is 57.8 Å². The van der Waals surface area contributed by atoms with E-state index in [0.29, 0.717) is 17.3 Å². The van der Waals surface area contributed by atoms with E-state index in [1.165, 1.54) is 32.1 Å². The fraction of sp³-hybridized carbons (Fsp3) is 0.667. The van der Waals surface area contributed by atoms with Crippen LogP contribution in [0.15, 0.2) is 12.1 Å². The van der Waals surface area contributed by atoms with E-state index in [4.69, 9.17) is 0 Å². The van der Waals surface area contributed by atoms with Gasteiger partial charge in [-0.2, -0.15) is 0 Å². The fourth-order valence-corrected chi connectivity index (χ4v) is 5.74. The van der Waals surface area contributed by atoms with Gasteiger partial charge in [0.05, 0.1) is 4.92 Å². The summed E-state index contributed by atoms with van der Waals surface area (Å²) in [5, 5.41) is 21.0. The molecular weight excluding hydrogens is 278 g/mol. The predicted molar refractivity (Wildman–Crippen MR) is 84.0 cm³/mol. The molecule has 2 saturated carbocycles. The Morgan fingerprint density at radius 2 is 2.09 bits per heavy atom. The molecule has 22 heavy (non-hydrogen) atoms. The lowest BCUT2D eigenvalue weighted by molar-refractivity contribution is -0.386. The number of phenolic OH excluding ortho intramolecular Hbond substituents is 1. The van der Waals surface area contributed by atoms with Gasteiger partial charge in [0.2, 0.25) is 0 Å². The van der Waals surface area contributed by atoms with Crippen molar-refractivity contribution < 1.29 is 10.0 Å². The summed E-state index contributed by atoms with van der Waals surface area (Å²) in [6.07, 6.45) is 8.53. The number of benzene rings is 1. The molecule has 4 nitrogen and oxygen atoms in total. The molecule has 0 heterocycles. The summed E-state index contributed by atoms with van der Waals surface area (Å²) in [5.74, 6) is 1.74. The van der Waals surface area contributed by atoms with Gasteiger partial charge in [-0.3, -0.25) is 10.1 Å². The van der Waals surface area contributed by atoms with Crippen LogP contribution in [0.5, 0.6) is 5.75 Å². The zero-order valence-electron chi connectivity index (χ0n) is 13.0. The van der Waals surface area contributed by atoms with Gasteiger partial charge in [-0.05, 0) is 78.9 Å². The third-order valence-corrected chi connectivity index (χ3v) is 6.80. The van der Waals surface area contributed by atoms with Crippen LogP contribution in [0.2, 0.25) is 0 Å². The second kappa shape index (κ2) is 4.71. The highest BCUT2D eigenvalue weighted by Crippen LogP contribution is 2.61. The van der Waals surface area contributed by atoms with Crippen LogP contribution in [0, 0.1) is 27.4 Å². The van der Waals surface area contributed by atoms with Crippen molar-refractivity contribution in [3.63, 3.8) is 0 Å². The first-order valence-electron chi connectivity index (χ1n) is 8.50. The van der Waals surface area contributed by atoms with Crippen LogP contribution >= 0.6 is 0 Å². The second-order valence-electron chi connectivity index (χ2n) is 7.80. The monoisotopic (exact) mass is 301 g/mol. The zero-order valence-corrected chi connectivity index (χ0v) is 13.0. The summed E-state index contributed by atoms with van der Waals surface area (Å²) in [6, 6.07) is 3.31. The third-order valence-electron chi connectivity index (χ3n) is 6.80. The molecule has 1 aromatic carbocycles. The van der Waals surface area contributed by atoms with Gasteiger partial charge in [0.25, 0.3) is 0 Å². The van der Waals surface area contributed by atoms with E-state index in [1.807, 2.05) is 0 Å². The van der Waals surface area contributed by atoms with Crippen molar-refractivity contribution in [3.8, 4) is 5.75 Å². The van der Waals surface area contributed by atoms with Gasteiger partial charge in [-0.25, -0.2) is 0 Å². The lowest BCUT2D eigenvalue weighted by Gasteiger charge is -2.49. The van der Waals surface area contributed by atoms with Crippen molar-refractivity contribution in [3.05, 3.63) is 33.4 Å². The number of nitrogens with zero attached hydrogens (tertiary/aromatic N) is 1. The topological polar surface area (TPSA) is 63.4 Å². The van der Waals surface area contributed by atoms with Gasteiger partial charge in [-0.1, -0.05) is 13.3 Å². The number of nitro groups is 1. The molecule has 4 heteroatoms. The lowest BCUT2D eigenvalue weighted by Crippen LogP contribution is -2.39. The van der Waals surface area contributed by atoms with Crippen molar-refractivity contribution in [1.82, 2.24) is 0 Å². The number of fused-ring (bicyclic) bond motifs is 5. The maximum atomic E-state index is 11.1. The molecule has 0 aliphatic heterocycles. The minimum Gasteiger partial charge on any atom is -0.502 e. The molecule has 3 aliphatic rings. The molecule has 0 spiro atoms. The van der Waals surface area contributed by atoms with Gasteiger partial charge in [0.1, 0.15) is 0 Å². The number of hydrogen-bond acceptors (Lipinski definition) is 3. The van der Waals surface area contributed by atoms with E-state index >= 15 is 0 Å².